The Bertz CT molecular complexity index is 1370. The van der Waals surface area contributed by atoms with E-state index in [-0.39, 0.29) is 21.7 Å². The number of fused-ring (bicyclic) bond motifs is 1. The molecule has 0 spiro atoms. The van der Waals surface area contributed by atoms with Crippen LogP contribution in [0.3, 0.4) is 0 Å². The highest BCUT2D eigenvalue weighted by atomic mass is 35.5. The molecule has 0 aliphatic carbocycles. The van der Waals surface area contributed by atoms with Crippen LogP contribution in [0.2, 0.25) is 5.02 Å². The number of nitrogens with zero attached hydrogens (tertiary/aromatic N) is 2. The first-order chi connectivity index (χ1) is 15.4. The van der Waals surface area contributed by atoms with Gasteiger partial charge in [-0.2, -0.15) is 0 Å². The van der Waals surface area contributed by atoms with E-state index in [9.17, 15) is 18.8 Å². The van der Waals surface area contributed by atoms with Gasteiger partial charge in [-0.3, -0.25) is 29.8 Å². The summed E-state index contributed by atoms with van der Waals surface area (Å²) in [6, 6.07) is 13.6. The molecule has 0 saturated carbocycles. The molecule has 2 amide bonds. The van der Waals surface area contributed by atoms with Crippen LogP contribution in [-0.2, 0) is 4.79 Å². The van der Waals surface area contributed by atoms with Gasteiger partial charge in [0.25, 0.3) is 5.56 Å². The van der Waals surface area contributed by atoms with E-state index in [2.05, 4.69) is 15.8 Å². The quantitative estimate of drug-likeness (QED) is 0.262. The first-order valence-corrected chi connectivity index (χ1v) is 10.5. The van der Waals surface area contributed by atoms with Crippen molar-refractivity contribution in [2.24, 2.45) is 0 Å². The van der Waals surface area contributed by atoms with Gasteiger partial charge in [-0.1, -0.05) is 35.5 Å². The number of carbonyl (C=O) groups is 2. The summed E-state index contributed by atoms with van der Waals surface area (Å²) in [7, 11) is 0. The monoisotopic (exact) mass is 472 g/mol. The average molecular weight is 473 g/mol. The van der Waals surface area contributed by atoms with Crippen molar-refractivity contribution in [1.82, 2.24) is 20.4 Å². The molecular formula is C21H14ClFN4O4S. The van der Waals surface area contributed by atoms with Crippen molar-refractivity contribution >= 4 is 46.1 Å². The summed E-state index contributed by atoms with van der Waals surface area (Å²) in [4.78, 5) is 41.7. The number of furan rings is 1. The zero-order chi connectivity index (χ0) is 22.7. The van der Waals surface area contributed by atoms with E-state index in [1.54, 1.807) is 30.3 Å². The molecule has 8 nitrogen and oxygen atoms in total. The fourth-order valence-corrected chi connectivity index (χ4v) is 3.81. The van der Waals surface area contributed by atoms with Gasteiger partial charge in [0, 0.05) is 0 Å². The number of amides is 2. The van der Waals surface area contributed by atoms with Crippen LogP contribution in [0.15, 0.2) is 75.2 Å². The number of benzene rings is 2. The second-order valence-corrected chi connectivity index (χ2v) is 7.77. The molecule has 2 aromatic heterocycles. The van der Waals surface area contributed by atoms with Gasteiger partial charge in [-0.05, 0) is 42.5 Å². The van der Waals surface area contributed by atoms with Crippen LogP contribution in [0.5, 0.6) is 0 Å². The number of hydrazine groups is 1. The van der Waals surface area contributed by atoms with Crippen molar-refractivity contribution in [1.29, 1.82) is 0 Å². The van der Waals surface area contributed by atoms with Crippen LogP contribution in [0.1, 0.15) is 10.6 Å². The summed E-state index contributed by atoms with van der Waals surface area (Å²) in [5.74, 6) is -1.91. The summed E-state index contributed by atoms with van der Waals surface area (Å²) in [5, 5.41) is 0.397. The Hall–Kier alpha value is -3.63. The summed E-state index contributed by atoms with van der Waals surface area (Å²) < 4.78 is 19.8. The molecule has 0 bridgehead atoms. The first-order valence-electron chi connectivity index (χ1n) is 9.17. The number of carbonyl (C=O) groups excluding carboxylic acids is 2. The first kappa shape index (κ1) is 21.6. The van der Waals surface area contributed by atoms with Gasteiger partial charge in [0.05, 0.1) is 33.6 Å². The van der Waals surface area contributed by atoms with E-state index in [0.29, 0.717) is 16.6 Å². The van der Waals surface area contributed by atoms with Gasteiger partial charge in [0.1, 0.15) is 5.82 Å². The van der Waals surface area contributed by atoms with E-state index < -0.39 is 23.2 Å². The summed E-state index contributed by atoms with van der Waals surface area (Å²) in [6.45, 7) is 0. The molecule has 32 heavy (non-hydrogen) atoms. The molecule has 0 atom stereocenters. The Morgan fingerprint density at radius 3 is 2.69 bits per heavy atom. The molecule has 0 fully saturated rings. The van der Waals surface area contributed by atoms with E-state index in [1.165, 1.54) is 29.0 Å². The number of nitrogens with one attached hydrogen (secondary N) is 2. The van der Waals surface area contributed by atoms with Gasteiger partial charge in [0.15, 0.2) is 10.9 Å². The summed E-state index contributed by atoms with van der Waals surface area (Å²) >= 11 is 6.86. The molecule has 162 valence electrons. The number of hydrogen-bond donors (Lipinski definition) is 2. The Morgan fingerprint density at radius 2 is 1.94 bits per heavy atom. The standard InChI is InChI=1S/C21H14ClFN4O4S/c22-14-10-12(7-8-15(14)23)27-20(30)13-4-1-2-5-16(13)24-21(27)32-11-18(28)25-26-19(29)17-6-3-9-31-17/h1-10H,11H2,(H,25,28)(H,26,29). The molecule has 11 heteroatoms. The van der Waals surface area contributed by atoms with E-state index in [4.69, 9.17) is 16.0 Å². The highest BCUT2D eigenvalue weighted by Gasteiger charge is 2.16. The Kier molecular flexibility index (Phi) is 6.24. The maximum absolute atomic E-state index is 13.6. The van der Waals surface area contributed by atoms with Crippen molar-refractivity contribution in [3.63, 3.8) is 0 Å². The normalized spacial score (nSPS) is 10.8. The van der Waals surface area contributed by atoms with Gasteiger partial charge >= 0.3 is 5.91 Å². The third kappa shape index (κ3) is 4.51. The molecule has 0 unspecified atom stereocenters. The summed E-state index contributed by atoms with van der Waals surface area (Å²) in [6.07, 6.45) is 1.33. The van der Waals surface area contributed by atoms with Crippen molar-refractivity contribution in [3.05, 3.63) is 87.8 Å². The van der Waals surface area contributed by atoms with Crippen LogP contribution >= 0.6 is 23.4 Å². The fraction of sp³-hybridized carbons (Fsp3) is 0.0476. The third-order valence-electron chi connectivity index (χ3n) is 4.30. The van der Waals surface area contributed by atoms with Gasteiger partial charge < -0.3 is 4.42 Å². The summed E-state index contributed by atoms with van der Waals surface area (Å²) in [5.41, 5.74) is 4.84. The maximum atomic E-state index is 13.6. The highest BCUT2D eigenvalue weighted by Crippen LogP contribution is 2.24. The lowest BCUT2D eigenvalue weighted by Gasteiger charge is -2.13. The van der Waals surface area contributed by atoms with Crippen molar-refractivity contribution < 1.29 is 18.4 Å². The lowest BCUT2D eigenvalue weighted by atomic mass is 10.2. The lowest BCUT2D eigenvalue weighted by molar-refractivity contribution is -0.119. The predicted molar refractivity (Wildman–Crippen MR) is 117 cm³/mol. The molecule has 2 aromatic carbocycles. The molecule has 0 aliphatic heterocycles. The highest BCUT2D eigenvalue weighted by molar-refractivity contribution is 7.99. The van der Waals surface area contributed by atoms with E-state index >= 15 is 0 Å². The van der Waals surface area contributed by atoms with Gasteiger partial charge in [-0.15, -0.1) is 0 Å². The fourth-order valence-electron chi connectivity index (χ4n) is 2.82. The van der Waals surface area contributed by atoms with Gasteiger partial charge in [0.2, 0.25) is 5.91 Å². The minimum atomic E-state index is -0.627. The van der Waals surface area contributed by atoms with Crippen LogP contribution in [-0.4, -0.2) is 27.1 Å². The second-order valence-electron chi connectivity index (χ2n) is 6.42. The van der Waals surface area contributed by atoms with Crippen molar-refractivity contribution in [3.8, 4) is 5.69 Å². The molecule has 4 rings (SSSR count). The molecular weight excluding hydrogens is 459 g/mol. The second kappa shape index (κ2) is 9.25. The van der Waals surface area contributed by atoms with Crippen molar-refractivity contribution in [2.75, 3.05) is 5.75 Å². The lowest BCUT2D eigenvalue weighted by Crippen LogP contribution is -2.42. The maximum Gasteiger partial charge on any atom is 0.305 e. The van der Waals surface area contributed by atoms with Crippen LogP contribution in [0.4, 0.5) is 4.39 Å². The van der Waals surface area contributed by atoms with E-state index in [1.807, 2.05) is 0 Å². The molecule has 0 aliphatic rings. The Morgan fingerprint density at radius 1 is 1.12 bits per heavy atom. The number of hydrogen-bond acceptors (Lipinski definition) is 6. The molecule has 0 radical (unpaired) electrons. The van der Waals surface area contributed by atoms with Crippen LogP contribution in [0, 0.1) is 5.82 Å². The molecule has 2 heterocycles. The van der Waals surface area contributed by atoms with Crippen molar-refractivity contribution in [2.45, 2.75) is 5.16 Å². The zero-order valence-corrected chi connectivity index (χ0v) is 17.7. The average Bonchev–Trinajstić information content (AvgIpc) is 3.33. The largest absolute Gasteiger partial charge is 0.459 e. The Labute approximate surface area is 189 Å². The third-order valence-corrected chi connectivity index (χ3v) is 5.53. The smallest absolute Gasteiger partial charge is 0.305 e. The SMILES string of the molecule is O=C(CSc1nc2ccccc2c(=O)n1-c1ccc(F)c(Cl)c1)NNC(=O)c1ccco1. The molecule has 2 N–H and O–H groups in total. The topological polar surface area (TPSA) is 106 Å². The minimum absolute atomic E-state index is 0.0381. The van der Waals surface area contributed by atoms with Gasteiger partial charge in [-0.25, -0.2) is 9.37 Å². The number of thioether (sulfide) groups is 1. The zero-order valence-electron chi connectivity index (χ0n) is 16.2. The molecule has 4 aromatic rings. The number of para-hydroxylation sites is 1. The number of halogens is 2. The number of rotatable bonds is 5. The minimum Gasteiger partial charge on any atom is -0.459 e. The van der Waals surface area contributed by atoms with Crippen LogP contribution in [0.25, 0.3) is 16.6 Å². The molecule has 0 saturated heterocycles. The predicted octanol–water partition coefficient (Wildman–Crippen LogP) is 3.32. The van der Waals surface area contributed by atoms with E-state index in [0.717, 1.165) is 17.8 Å². The van der Waals surface area contributed by atoms with Crippen LogP contribution < -0.4 is 16.4 Å². The Balaban J connectivity index is 1.59. The number of aromatic nitrogens is 2.